The SMILES string of the molecule is CN(CC(O)CNC(C)(C)CC1Cc2ccccc2C1)S(=O)(=O)c1ccc(-c2cc(F)ccc2CCC(=O)O)c(F)c1. The van der Waals surface area contributed by atoms with E-state index < -0.39 is 33.7 Å². The van der Waals surface area contributed by atoms with E-state index in [0.29, 0.717) is 11.5 Å². The number of sulfonamides is 1. The number of carbonyl (C=O) groups is 1. The van der Waals surface area contributed by atoms with Gasteiger partial charge in [0, 0.05) is 37.7 Å². The predicted octanol–water partition coefficient (Wildman–Crippen LogP) is 4.80. The number of β-amino-alcohol motifs (C(OH)–C–C–N with tert-alkyl or cyclic N) is 1. The van der Waals surface area contributed by atoms with Gasteiger partial charge in [-0.1, -0.05) is 36.4 Å². The van der Waals surface area contributed by atoms with E-state index in [2.05, 4.69) is 43.4 Å². The van der Waals surface area contributed by atoms with Crippen LogP contribution in [0.2, 0.25) is 0 Å². The Morgan fingerprint density at radius 1 is 1.05 bits per heavy atom. The van der Waals surface area contributed by atoms with Crippen LogP contribution in [-0.2, 0) is 34.1 Å². The molecule has 0 bridgehead atoms. The van der Waals surface area contributed by atoms with Crippen LogP contribution in [0, 0.1) is 17.6 Å². The number of likely N-dealkylation sites (N-methyl/N-ethyl adjacent to an activating group) is 1. The zero-order valence-electron chi connectivity index (χ0n) is 24.1. The van der Waals surface area contributed by atoms with E-state index in [0.717, 1.165) is 35.7 Å². The standard InChI is InChI=1S/C32H38F2N2O5S/c1-32(2,18-21-14-23-6-4-5-7-24(23)15-21)35-19-26(37)20-36(3)42(40,41)27-11-12-28(30(34)17-27)29-16-25(33)10-8-22(29)9-13-31(38)39/h4-8,10-12,16-17,21,26,35,37H,9,13-15,18-20H2,1-3H3,(H,38,39). The molecule has 1 aliphatic rings. The lowest BCUT2D eigenvalue weighted by molar-refractivity contribution is -0.136. The van der Waals surface area contributed by atoms with E-state index >= 15 is 4.39 Å². The minimum Gasteiger partial charge on any atom is -0.481 e. The first kappa shape index (κ1) is 31.7. The first-order chi connectivity index (χ1) is 19.7. The van der Waals surface area contributed by atoms with Gasteiger partial charge in [-0.25, -0.2) is 17.2 Å². The van der Waals surface area contributed by atoms with E-state index in [1.165, 1.54) is 42.4 Å². The number of nitrogens with zero attached hydrogens (tertiary/aromatic N) is 1. The van der Waals surface area contributed by atoms with Gasteiger partial charge >= 0.3 is 5.97 Å². The Labute approximate surface area is 246 Å². The smallest absolute Gasteiger partial charge is 0.303 e. The molecule has 3 aromatic rings. The number of aliphatic carboxylic acids is 1. The Bertz CT molecular complexity index is 1520. The highest BCUT2D eigenvalue weighted by molar-refractivity contribution is 7.89. The first-order valence-corrected chi connectivity index (χ1v) is 15.5. The summed E-state index contributed by atoms with van der Waals surface area (Å²) in [5.41, 5.74) is 3.05. The summed E-state index contributed by atoms with van der Waals surface area (Å²) in [7, 11) is -2.82. The monoisotopic (exact) mass is 600 g/mol. The molecule has 0 amide bonds. The molecule has 226 valence electrons. The summed E-state index contributed by atoms with van der Waals surface area (Å²) in [5.74, 6) is -2.07. The third-order valence-corrected chi connectivity index (χ3v) is 9.66. The van der Waals surface area contributed by atoms with E-state index in [1.807, 2.05) is 0 Å². The molecule has 0 aromatic heterocycles. The zero-order valence-corrected chi connectivity index (χ0v) is 24.9. The molecule has 0 fully saturated rings. The van der Waals surface area contributed by atoms with E-state index in [1.54, 1.807) is 0 Å². The van der Waals surface area contributed by atoms with Gasteiger partial charge in [0.15, 0.2) is 0 Å². The molecule has 0 radical (unpaired) electrons. The molecule has 1 aliphatic carbocycles. The topological polar surface area (TPSA) is 107 Å². The van der Waals surface area contributed by atoms with E-state index in [9.17, 15) is 22.7 Å². The lowest BCUT2D eigenvalue weighted by atomic mass is 9.88. The normalized spacial score (nSPS) is 14.7. The molecule has 1 atom stereocenters. The van der Waals surface area contributed by atoms with Crippen molar-refractivity contribution in [2.75, 3.05) is 20.1 Å². The molecule has 0 spiro atoms. The van der Waals surface area contributed by atoms with Crippen LogP contribution in [-0.4, -0.2) is 60.7 Å². The van der Waals surface area contributed by atoms with E-state index in [-0.39, 0.29) is 47.5 Å². The largest absolute Gasteiger partial charge is 0.481 e. The average Bonchev–Trinajstić information content (AvgIpc) is 3.32. The maximum atomic E-state index is 15.2. The van der Waals surface area contributed by atoms with Crippen molar-refractivity contribution in [3.8, 4) is 11.1 Å². The predicted molar refractivity (Wildman–Crippen MR) is 158 cm³/mol. The second-order valence-corrected chi connectivity index (χ2v) is 13.8. The molecule has 4 rings (SSSR count). The number of hydrogen-bond donors (Lipinski definition) is 3. The van der Waals surface area contributed by atoms with Crippen molar-refractivity contribution < 1.29 is 32.2 Å². The molecule has 0 heterocycles. The maximum absolute atomic E-state index is 15.2. The Morgan fingerprint density at radius 2 is 1.71 bits per heavy atom. The fourth-order valence-corrected chi connectivity index (χ4v) is 6.98. The quantitative estimate of drug-likeness (QED) is 0.260. The van der Waals surface area contributed by atoms with Crippen molar-refractivity contribution in [3.63, 3.8) is 0 Å². The number of aliphatic hydroxyl groups excluding tert-OH is 1. The fourth-order valence-electron chi connectivity index (χ4n) is 5.76. The van der Waals surface area contributed by atoms with Gasteiger partial charge in [0.05, 0.1) is 11.0 Å². The number of rotatable bonds is 13. The number of fused-ring (bicyclic) bond motifs is 1. The zero-order chi connectivity index (χ0) is 30.7. The number of nitrogens with one attached hydrogen (secondary N) is 1. The highest BCUT2D eigenvalue weighted by atomic mass is 32.2. The van der Waals surface area contributed by atoms with Crippen molar-refractivity contribution >= 4 is 16.0 Å². The van der Waals surface area contributed by atoms with Gasteiger partial charge in [0.2, 0.25) is 10.0 Å². The Balaban J connectivity index is 1.38. The van der Waals surface area contributed by atoms with E-state index in [4.69, 9.17) is 5.11 Å². The van der Waals surface area contributed by atoms with Gasteiger partial charge in [-0.2, -0.15) is 4.31 Å². The summed E-state index contributed by atoms with van der Waals surface area (Å²) in [6.07, 6.45) is 1.77. The molecular formula is C32H38F2N2O5S. The Hall–Kier alpha value is -3.18. The summed E-state index contributed by atoms with van der Waals surface area (Å²) in [4.78, 5) is 10.7. The molecule has 42 heavy (non-hydrogen) atoms. The number of hydrogen-bond acceptors (Lipinski definition) is 5. The number of aliphatic hydroxyl groups is 1. The second kappa shape index (κ2) is 13.0. The van der Waals surface area contributed by atoms with Gasteiger partial charge in [-0.05, 0) is 92.0 Å². The number of carboxylic acid groups (broad SMARTS) is 1. The van der Waals surface area contributed by atoms with Crippen LogP contribution in [0.15, 0.2) is 65.6 Å². The molecule has 3 N–H and O–H groups in total. The highest BCUT2D eigenvalue weighted by Gasteiger charge is 2.30. The number of benzene rings is 3. The van der Waals surface area contributed by atoms with Crippen LogP contribution in [0.25, 0.3) is 11.1 Å². The first-order valence-electron chi connectivity index (χ1n) is 14.0. The summed E-state index contributed by atoms with van der Waals surface area (Å²) < 4.78 is 56.6. The van der Waals surface area contributed by atoms with Crippen molar-refractivity contribution in [2.24, 2.45) is 5.92 Å². The minimum atomic E-state index is -4.14. The van der Waals surface area contributed by atoms with Crippen LogP contribution in [0.3, 0.4) is 0 Å². The van der Waals surface area contributed by atoms with Gasteiger partial charge in [-0.3, -0.25) is 4.79 Å². The average molecular weight is 601 g/mol. The van der Waals surface area contributed by atoms with Gasteiger partial charge in [0.25, 0.3) is 0 Å². The molecule has 7 nitrogen and oxygen atoms in total. The third-order valence-electron chi connectivity index (χ3n) is 7.84. The molecule has 1 unspecified atom stereocenters. The molecule has 0 aliphatic heterocycles. The molecule has 0 saturated carbocycles. The fraction of sp³-hybridized carbons (Fsp3) is 0.406. The van der Waals surface area contributed by atoms with Gasteiger partial charge in [0.1, 0.15) is 11.6 Å². The summed E-state index contributed by atoms with van der Waals surface area (Å²) in [6, 6.07) is 15.4. The lowest BCUT2D eigenvalue weighted by Gasteiger charge is -2.31. The van der Waals surface area contributed by atoms with Crippen LogP contribution >= 0.6 is 0 Å². The summed E-state index contributed by atoms with van der Waals surface area (Å²) >= 11 is 0. The highest BCUT2D eigenvalue weighted by Crippen LogP contribution is 2.32. The number of halogens is 2. The number of aryl methyl sites for hydroxylation is 1. The lowest BCUT2D eigenvalue weighted by Crippen LogP contribution is -2.47. The van der Waals surface area contributed by atoms with Crippen molar-refractivity contribution in [1.29, 1.82) is 0 Å². The van der Waals surface area contributed by atoms with Crippen LogP contribution in [0.1, 0.15) is 43.4 Å². The molecule has 0 saturated heterocycles. The van der Waals surface area contributed by atoms with Crippen LogP contribution in [0.5, 0.6) is 0 Å². The number of carboxylic acids is 1. The summed E-state index contributed by atoms with van der Waals surface area (Å²) in [5, 5.41) is 23.0. The Morgan fingerprint density at radius 3 is 2.33 bits per heavy atom. The third kappa shape index (κ3) is 7.80. The van der Waals surface area contributed by atoms with Crippen LogP contribution in [0.4, 0.5) is 8.78 Å². The minimum absolute atomic E-state index is 0.0340. The molecule has 3 aromatic carbocycles. The molecule has 10 heteroatoms. The Kier molecular flexibility index (Phi) is 9.82. The van der Waals surface area contributed by atoms with Gasteiger partial charge < -0.3 is 15.5 Å². The van der Waals surface area contributed by atoms with Crippen molar-refractivity contribution in [3.05, 3.63) is 89.0 Å². The summed E-state index contributed by atoms with van der Waals surface area (Å²) in [6.45, 7) is 4.11. The maximum Gasteiger partial charge on any atom is 0.303 e. The van der Waals surface area contributed by atoms with Crippen LogP contribution < -0.4 is 5.32 Å². The molecular weight excluding hydrogens is 562 g/mol. The van der Waals surface area contributed by atoms with Crippen molar-refractivity contribution in [2.45, 2.75) is 62.5 Å². The van der Waals surface area contributed by atoms with Gasteiger partial charge in [-0.15, -0.1) is 0 Å². The second-order valence-electron chi connectivity index (χ2n) is 11.8. The van der Waals surface area contributed by atoms with Crippen molar-refractivity contribution in [1.82, 2.24) is 9.62 Å².